The second-order valence-electron chi connectivity index (χ2n) is 4.01. The largest absolute Gasteiger partial charge is 0.481 e. The Hall–Kier alpha value is -1.58. The maximum Gasteiger partial charge on any atom is 0.308 e. The van der Waals surface area contributed by atoms with E-state index in [2.05, 4.69) is 4.98 Å². The van der Waals surface area contributed by atoms with Crippen LogP contribution < -0.4 is 4.90 Å². The number of pyridine rings is 1. The molecule has 1 aromatic rings. The van der Waals surface area contributed by atoms with Crippen molar-refractivity contribution in [2.45, 2.75) is 6.92 Å². The Morgan fingerprint density at radius 3 is 2.87 bits per heavy atom. The van der Waals surface area contributed by atoms with Crippen molar-refractivity contribution < 1.29 is 9.90 Å². The van der Waals surface area contributed by atoms with Crippen molar-refractivity contribution in [2.24, 2.45) is 11.8 Å². The molecule has 0 bridgehead atoms. The van der Waals surface area contributed by atoms with E-state index in [0.29, 0.717) is 6.54 Å². The molecule has 0 unspecified atom stereocenters. The van der Waals surface area contributed by atoms with Crippen molar-refractivity contribution in [2.75, 3.05) is 18.0 Å². The van der Waals surface area contributed by atoms with Crippen LogP contribution in [0.5, 0.6) is 0 Å². The van der Waals surface area contributed by atoms with Crippen LogP contribution in [-0.4, -0.2) is 29.1 Å². The molecule has 0 radical (unpaired) electrons. The molecule has 2 atom stereocenters. The Morgan fingerprint density at radius 2 is 2.33 bits per heavy atom. The number of aliphatic carboxylic acids is 1. The zero-order chi connectivity index (χ0) is 10.8. The first-order valence-electron chi connectivity index (χ1n) is 5.07. The first-order valence-corrected chi connectivity index (χ1v) is 5.07. The molecule has 1 aliphatic heterocycles. The zero-order valence-electron chi connectivity index (χ0n) is 8.63. The van der Waals surface area contributed by atoms with Crippen molar-refractivity contribution >= 4 is 11.8 Å². The molecule has 15 heavy (non-hydrogen) atoms. The van der Waals surface area contributed by atoms with E-state index >= 15 is 0 Å². The molecular weight excluding hydrogens is 192 g/mol. The summed E-state index contributed by atoms with van der Waals surface area (Å²) < 4.78 is 0. The highest BCUT2D eigenvalue weighted by Crippen LogP contribution is 2.26. The minimum atomic E-state index is -0.707. The second-order valence-corrected chi connectivity index (χ2v) is 4.01. The lowest BCUT2D eigenvalue weighted by Gasteiger charge is -2.16. The Morgan fingerprint density at radius 1 is 1.53 bits per heavy atom. The molecule has 1 aliphatic rings. The highest BCUT2D eigenvalue weighted by atomic mass is 16.4. The third-order valence-electron chi connectivity index (χ3n) is 2.90. The van der Waals surface area contributed by atoms with E-state index in [1.165, 1.54) is 0 Å². The standard InChI is InChI=1S/C11H14N2O2/c1-8-6-13(7-9(8)11(14)15)10-4-2-3-5-12-10/h2-5,8-9H,6-7H2,1H3,(H,14,15)/t8-,9+/m1/s1. The number of carbonyl (C=O) groups is 1. The fourth-order valence-corrected chi connectivity index (χ4v) is 2.02. The highest BCUT2D eigenvalue weighted by molar-refractivity contribution is 5.72. The molecule has 1 fully saturated rings. The van der Waals surface area contributed by atoms with Crippen LogP contribution in [0.25, 0.3) is 0 Å². The molecule has 2 rings (SSSR count). The fourth-order valence-electron chi connectivity index (χ4n) is 2.02. The average Bonchev–Trinajstić information content (AvgIpc) is 2.62. The SMILES string of the molecule is C[C@@H]1CN(c2ccccn2)C[C@@H]1C(=O)O. The summed E-state index contributed by atoms with van der Waals surface area (Å²) in [6.45, 7) is 3.31. The number of nitrogens with zero attached hydrogens (tertiary/aromatic N) is 2. The van der Waals surface area contributed by atoms with Crippen LogP contribution in [0.3, 0.4) is 0 Å². The minimum absolute atomic E-state index is 0.185. The van der Waals surface area contributed by atoms with Gasteiger partial charge in [0.2, 0.25) is 0 Å². The van der Waals surface area contributed by atoms with E-state index in [0.717, 1.165) is 12.4 Å². The molecular formula is C11H14N2O2. The Kier molecular flexibility index (Phi) is 2.58. The van der Waals surface area contributed by atoms with Gasteiger partial charge in [0.15, 0.2) is 0 Å². The van der Waals surface area contributed by atoms with E-state index in [1.807, 2.05) is 30.0 Å². The highest BCUT2D eigenvalue weighted by Gasteiger charge is 2.35. The smallest absolute Gasteiger partial charge is 0.308 e. The Labute approximate surface area is 88.6 Å². The summed E-state index contributed by atoms with van der Waals surface area (Å²) in [5.41, 5.74) is 0. The molecule has 0 aromatic carbocycles. The van der Waals surface area contributed by atoms with Gasteiger partial charge in [-0.2, -0.15) is 0 Å². The van der Waals surface area contributed by atoms with E-state index in [4.69, 9.17) is 5.11 Å². The van der Waals surface area contributed by atoms with Gasteiger partial charge in [-0.25, -0.2) is 4.98 Å². The lowest BCUT2D eigenvalue weighted by atomic mass is 9.99. The van der Waals surface area contributed by atoms with Crippen LogP contribution in [0.1, 0.15) is 6.92 Å². The summed E-state index contributed by atoms with van der Waals surface area (Å²) >= 11 is 0. The van der Waals surface area contributed by atoms with E-state index in [-0.39, 0.29) is 11.8 Å². The third kappa shape index (κ3) is 1.93. The first-order chi connectivity index (χ1) is 7.18. The van der Waals surface area contributed by atoms with Crippen molar-refractivity contribution in [3.05, 3.63) is 24.4 Å². The van der Waals surface area contributed by atoms with E-state index in [1.54, 1.807) is 6.20 Å². The van der Waals surface area contributed by atoms with Gasteiger partial charge in [-0.15, -0.1) is 0 Å². The van der Waals surface area contributed by atoms with Crippen LogP contribution >= 0.6 is 0 Å². The topological polar surface area (TPSA) is 53.4 Å². The van der Waals surface area contributed by atoms with Crippen molar-refractivity contribution in [1.82, 2.24) is 4.98 Å². The van der Waals surface area contributed by atoms with Crippen molar-refractivity contribution in [1.29, 1.82) is 0 Å². The van der Waals surface area contributed by atoms with Crippen molar-refractivity contribution in [3.63, 3.8) is 0 Å². The lowest BCUT2D eigenvalue weighted by molar-refractivity contribution is -0.142. The molecule has 2 heterocycles. The maximum absolute atomic E-state index is 10.9. The van der Waals surface area contributed by atoms with Crippen LogP contribution in [-0.2, 0) is 4.79 Å². The lowest BCUT2D eigenvalue weighted by Crippen LogP contribution is -2.23. The molecule has 1 saturated heterocycles. The van der Waals surface area contributed by atoms with E-state index < -0.39 is 5.97 Å². The van der Waals surface area contributed by atoms with Gasteiger partial charge in [0.05, 0.1) is 5.92 Å². The Bertz CT molecular complexity index is 353. The number of aromatic nitrogens is 1. The van der Waals surface area contributed by atoms with Gasteiger partial charge in [0, 0.05) is 19.3 Å². The quantitative estimate of drug-likeness (QED) is 0.791. The molecule has 0 aliphatic carbocycles. The van der Waals surface area contributed by atoms with Crippen LogP contribution in [0.15, 0.2) is 24.4 Å². The molecule has 4 nitrogen and oxygen atoms in total. The number of carboxylic acids is 1. The van der Waals surface area contributed by atoms with E-state index in [9.17, 15) is 4.79 Å². The number of hydrogen-bond acceptors (Lipinski definition) is 3. The predicted octanol–water partition coefficient (Wildman–Crippen LogP) is 1.24. The number of hydrogen-bond donors (Lipinski definition) is 1. The molecule has 0 spiro atoms. The third-order valence-corrected chi connectivity index (χ3v) is 2.90. The molecule has 4 heteroatoms. The van der Waals surface area contributed by atoms with Crippen LogP contribution in [0.4, 0.5) is 5.82 Å². The minimum Gasteiger partial charge on any atom is -0.481 e. The fraction of sp³-hybridized carbons (Fsp3) is 0.455. The molecule has 1 N–H and O–H groups in total. The summed E-state index contributed by atoms with van der Waals surface area (Å²) in [6.07, 6.45) is 1.73. The van der Waals surface area contributed by atoms with Gasteiger partial charge in [0.25, 0.3) is 0 Å². The number of rotatable bonds is 2. The maximum atomic E-state index is 10.9. The van der Waals surface area contributed by atoms with Gasteiger partial charge in [-0.3, -0.25) is 4.79 Å². The number of carboxylic acid groups (broad SMARTS) is 1. The van der Waals surface area contributed by atoms with Crippen LogP contribution in [0.2, 0.25) is 0 Å². The monoisotopic (exact) mass is 206 g/mol. The summed E-state index contributed by atoms with van der Waals surface area (Å²) in [5.74, 6) is 0.0746. The van der Waals surface area contributed by atoms with Gasteiger partial charge < -0.3 is 10.0 Å². The molecule has 80 valence electrons. The average molecular weight is 206 g/mol. The molecule has 0 amide bonds. The summed E-state index contributed by atoms with van der Waals surface area (Å²) in [7, 11) is 0. The first kappa shape index (κ1) is 9.96. The second kappa shape index (κ2) is 3.88. The molecule has 1 aromatic heterocycles. The number of anilines is 1. The Balaban J connectivity index is 2.13. The van der Waals surface area contributed by atoms with Gasteiger partial charge in [-0.05, 0) is 18.1 Å². The zero-order valence-corrected chi connectivity index (χ0v) is 8.63. The van der Waals surface area contributed by atoms with Gasteiger partial charge in [0.1, 0.15) is 5.82 Å². The van der Waals surface area contributed by atoms with Crippen molar-refractivity contribution in [3.8, 4) is 0 Å². The summed E-state index contributed by atoms with van der Waals surface area (Å²) in [4.78, 5) is 17.2. The van der Waals surface area contributed by atoms with Gasteiger partial charge in [-0.1, -0.05) is 13.0 Å². The van der Waals surface area contributed by atoms with Crippen LogP contribution in [0, 0.1) is 11.8 Å². The summed E-state index contributed by atoms with van der Waals surface area (Å²) in [6, 6.07) is 5.69. The predicted molar refractivity (Wildman–Crippen MR) is 56.7 cm³/mol. The van der Waals surface area contributed by atoms with Gasteiger partial charge >= 0.3 is 5.97 Å². The molecule has 0 saturated carbocycles. The summed E-state index contributed by atoms with van der Waals surface area (Å²) in [5, 5.41) is 9.00. The normalized spacial score (nSPS) is 25.5.